The van der Waals surface area contributed by atoms with Gasteiger partial charge in [-0.05, 0) is 61.4 Å². The maximum Gasteiger partial charge on any atom is 0.265 e. The van der Waals surface area contributed by atoms with E-state index in [1.54, 1.807) is 59.5 Å². The van der Waals surface area contributed by atoms with Gasteiger partial charge in [0.2, 0.25) is 0 Å². The predicted molar refractivity (Wildman–Crippen MR) is 133 cm³/mol. The van der Waals surface area contributed by atoms with Crippen molar-refractivity contribution in [3.8, 4) is 0 Å². The van der Waals surface area contributed by atoms with Crippen molar-refractivity contribution in [2.75, 3.05) is 29.8 Å². The molecule has 4 rings (SSSR count). The number of hydrogen-bond acceptors (Lipinski definition) is 4. The van der Waals surface area contributed by atoms with E-state index in [1.807, 2.05) is 0 Å². The van der Waals surface area contributed by atoms with E-state index in [2.05, 4.69) is 5.32 Å². The van der Waals surface area contributed by atoms with Crippen molar-refractivity contribution >= 4 is 44.8 Å². The molecule has 3 aromatic rings. The lowest BCUT2D eigenvalue weighted by Crippen LogP contribution is -2.27. The van der Waals surface area contributed by atoms with Crippen molar-refractivity contribution in [1.29, 1.82) is 0 Å². The van der Waals surface area contributed by atoms with Gasteiger partial charge in [0.15, 0.2) is 0 Å². The van der Waals surface area contributed by atoms with Crippen molar-refractivity contribution in [3.05, 3.63) is 88.9 Å². The number of amides is 2. The Kier molecular flexibility index (Phi) is 6.90. The van der Waals surface area contributed by atoms with E-state index in [0.717, 1.165) is 30.2 Å². The van der Waals surface area contributed by atoms with E-state index in [0.29, 0.717) is 16.9 Å². The minimum absolute atomic E-state index is 0.0116. The zero-order valence-electron chi connectivity index (χ0n) is 18.6. The van der Waals surface area contributed by atoms with Crippen molar-refractivity contribution in [2.24, 2.45) is 0 Å². The second kappa shape index (κ2) is 9.87. The average molecular weight is 498 g/mol. The number of halogens is 1. The molecule has 0 unspecified atom stereocenters. The Labute approximate surface area is 204 Å². The second-order valence-electron chi connectivity index (χ2n) is 7.99. The van der Waals surface area contributed by atoms with Gasteiger partial charge in [-0.3, -0.25) is 13.9 Å². The number of carbonyl (C=O) groups excluding carboxylic acids is 2. The van der Waals surface area contributed by atoms with Gasteiger partial charge in [0.25, 0.3) is 21.8 Å². The summed E-state index contributed by atoms with van der Waals surface area (Å²) in [6.45, 7) is 1.46. The molecule has 1 aliphatic rings. The highest BCUT2D eigenvalue weighted by atomic mass is 35.5. The fourth-order valence-electron chi connectivity index (χ4n) is 3.80. The number of nitrogens with zero attached hydrogens (tertiary/aromatic N) is 2. The van der Waals surface area contributed by atoms with Gasteiger partial charge in [0.1, 0.15) is 4.90 Å². The molecule has 1 saturated heterocycles. The van der Waals surface area contributed by atoms with Crippen LogP contribution in [0.15, 0.2) is 77.7 Å². The first-order chi connectivity index (χ1) is 16.3. The van der Waals surface area contributed by atoms with Crippen molar-refractivity contribution in [1.82, 2.24) is 4.90 Å². The zero-order chi connectivity index (χ0) is 24.3. The first-order valence-electron chi connectivity index (χ1n) is 10.8. The first-order valence-corrected chi connectivity index (χ1v) is 12.6. The van der Waals surface area contributed by atoms with Gasteiger partial charge >= 0.3 is 0 Å². The van der Waals surface area contributed by atoms with E-state index >= 15 is 0 Å². The number of likely N-dealkylation sites (tertiary alicyclic amines) is 1. The number of rotatable bonds is 6. The van der Waals surface area contributed by atoms with Crippen LogP contribution in [0, 0.1) is 0 Å². The molecule has 9 heteroatoms. The summed E-state index contributed by atoms with van der Waals surface area (Å²) in [7, 11) is -2.58. The van der Waals surface area contributed by atoms with Gasteiger partial charge in [-0.1, -0.05) is 35.9 Å². The third-order valence-electron chi connectivity index (χ3n) is 5.71. The van der Waals surface area contributed by atoms with Crippen LogP contribution in [0.2, 0.25) is 5.02 Å². The lowest BCUT2D eigenvalue weighted by atomic mass is 10.1. The van der Waals surface area contributed by atoms with Crippen LogP contribution in [0.5, 0.6) is 0 Å². The molecule has 1 heterocycles. The number of benzene rings is 3. The molecule has 0 atom stereocenters. The Bertz CT molecular complexity index is 1320. The first kappa shape index (κ1) is 23.8. The van der Waals surface area contributed by atoms with Crippen LogP contribution in [-0.2, 0) is 10.0 Å². The van der Waals surface area contributed by atoms with Gasteiger partial charge in [0, 0.05) is 37.0 Å². The van der Waals surface area contributed by atoms with Crippen LogP contribution < -0.4 is 9.62 Å². The predicted octanol–water partition coefficient (Wildman–Crippen LogP) is 4.65. The molecular weight excluding hydrogens is 474 g/mol. The highest BCUT2D eigenvalue weighted by Gasteiger charge is 2.26. The van der Waals surface area contributed by atoms with Crippen LogP contribution in [0.1, 0.15) is 33.6 Å². The summed E-state index contributed by atoms with van der Waals surface area (Å²) >= 11 is 6.22. The fraction of sp³-hybridized carbons (Fsp3) is 0.200. The molecule has 0 spiro atoms. The van der Waals surface area contributed by atoms with E-state index < -0.39 is 15.9 Å². The molecule has 0 saturated carbocycles. The molecule has 3 aromatic carbocycles. The van der Waals surface area contributed by atoms with E-state index in [4.69, 9.17) is 11.6 Å². The minimum atomic E-state index is -4.01. The number of nitrogens with one attached hydrogen (secondary N) is 1. The van der Waals surface area contributed by atoms with Crippen LogP contribution in [0.4, 0.5) is 11.4 Å². The SMILES string of the molecule is CN(c1ccccc1)S(=O)(=O)c1cc(C(=O)Nc2cccc(C(=O)N3CCCC3)c2)ccc1Cl. The molecule has 2 amide bonds. The summed E-state index contributed by atoms with van der Waals surface area (Å²) < 4.78 is 27.5. The second-order valence-corrected chi connectivity index (χ2v) is 10.3. The molecule has 0 aromatic heterocycles. The molecule has 176 valence electrons. The van der Waals surface area contributed by atoms with E-state index in [-0.39, 0.29) is 21.4 Å². The Morgan fingerprint density at radius 3 is 2.32 bits per heavy atom. The number of carbonyl (C=O) groups is 2. The summed E-state index contributed by atoms with van der Waals surface area (Å²) in [5, 5.41) is 2.75. The molecule has 0 aliphatic carbocycles. The van der Waals surface area contributed by atoms with Crippen molar-refractivity contribution in [2.45, 2.75) is 17.7 Å². The highest BCUT2D eigenvalue weighted by Crippen LogP contribution is 2.28. The number of hydrogen-bond donors (Lipinski definition) is 1. The van der Waals surface area contributed by atoms with Crippen LogP contribution in [-0.4, -0.2) is 45.3 Å². The van der Waals surface area contributed by atoms with Crippen LogP contribution >= 0.6 is 11.6 Å². The van der Waals surface area contributed by atoms with E-state index in [1.165, 1.54) is 25.2 Å². The summed E-state index contributed by atoms with van der Waals surface area (Å²) in [6.07, 6.45) is 1.98. The topological polar surface area (TPSA) is 86.8 Å². The molecule has 34 heavy (non-hydrogen) atoms. The molecule has 7 nitrogen and oxygen atoms in total. The van der Waals surface area contributed by atoms with Crippen molar-refractivity contribution in [3.63, 3.8) is 0 Å². The van der Waals surface area contributed by atoms with Crippen LogP contribution in [0.25, 0.3) is 0 Å². The maximum atomic E-state index is 13.2. The summed E-state index contributed by atoms with van der Waals surface area (Å²) in [6, 6.07) is 19.4. The Hall–Kier alpha value is -3.36. The van der Waals surface area contributed by atoms with Gasteiger partial charge in [-0.2, -0.15) is 0 Å². The number of para-hydroxylation sites is 1. The number of anilines is 2. The van der Waals surface area contributed by atoms with Gasteiger partial charge in [-0.25, -0.2) is 8.42 Å². The summed E-state index contributed by atoms with van der Waals surface area (Å²) in [5.74, 6) is -0.585. The van der Waals surface area contributed by atoms with E-state index in [9.17, 15) is 18.0 Å². The zero-order valence-corrected chi connectivity index (χ0v) is 20.1. The van der Waals surface area contributed by atoms with Gasteiger partial charge in [0.05, 0.1) is 10.7 Å². The number of sulfonamides is 1. The Morgan fingerprint density at radius 1 is 0.912 bits per heavy atom. The molecule has 0 bridgehead atoms. The van der Waals surface area contributed by atoms with Gasteiger partial charge < -0.3 is 10.2 Å². The smallest absolute Gasteiger partial charge is 0.265 e. The molecule has 1 aliphatic heterocycles. The lowest BCUT2D eigenvalue weighted by Gasteiger charge is -2.20. The summed E-state index contributed by atoms with van der Waals surface area (Å²) in [4.78, 5) is 27.2. The highest BCUT2D eigenvalue weighted by molar-refractivity contribution is 7.93. The molecule has 1 fully saturated rings. The third kappa shape index (κ3) is 4.93. The third-order valence-corrected chi connectivity index (χ3v) is 7.98. The normalized spacial score (nSPS) is 13.5. The van der Waals surface area contributed by atoms with Crippen LogP contribution in [0.3, 0.4) is 0 Å². The summed E-state index contributed by atoms with van der Waals surface area (Å²) in [5.41, 5.74) is 1.52. The molecule has 1 N–H and O–H groups in total. The molecule has 0 radical (unpaired) electrons. The fourth-order valence-corrected chi connectivity index (χ4v) is 5.50. The quantitative estimate of drug-likeness (QED) is 0.537. The maximum absolute atomic E-state index is 13.2. The van der Waals surface area contributed by atoms with Crippen molar-refractivity contribution < 1.29 is 18.0 Å². The molecular formula is C25H24ClN3O4S. The standard InChI is InChI=1S/C25H24ClN3O4S/c1-28(21-10-3-2-4-11-21)34(32,33)23-17-18(12-13-22(23)26)24(30)27-20-9-7-8-19(16-20)25(31)29-14-5-6-15-29/h2-4,7-13,16-17H,5-6,14-15H2,1H3,(H,27,30). The largest absolute Gasteiger partial charge is 0.339 e. The Morgan fingerprint density at radius 2 is 1.62 bits per heavy atom. The lowest BCUT2D eigenvalue weighted by molar-refractivity contribution is 0.0792. The Balaban J connectivity index is 1.57. The van der Waals surface area contributed by atoms with Gasteiger partial charge in [-0.15, -0.1) is 0 Å². The average Bonchev–Trinajstić information content (AvgIpc) is 3.39. The monoisotopic (exact) mass is 497 g/mol. The minimum Gasteiger partial charge on any atom is -0.339 e.